The van der Waals surface area contributed by atoms with Gasteiger partial charge in [-0.2, -0.15) is 0 Å². The van der Waals surface area contributed by atoms with Crippen LogP contribution in [0.4, 0.5) is 5.69 Å². The molecule has 1 N–H and O–H groups in total. The van der Waals surface area contributed by atoms with E-state index in [1.807, 2.05) is 36.4 Å². The average molecular weight is 369 g/mol. The zero-order chi connectivity index (χ0) is 19.2. The standard InChI is InChI=1S/C21H23NO5/c1-12(23)27-20-15-10-14(24-4)6-7-16(15)22-19(21(20,2)3)13-5-8-17-18(9-13)26-11-25-17/h5-10,19-20,22H,11H2,1-4H3/t19-,20-/m0/s1. The molecule has 0 fully saturated rings. The number of hydrogen-bond donors (Lipinski definition) is 1. The molecule has 6 nitrogen and oxygen atoms in total. The maximum Gasteiger partial charge on any atom is 0.303 e. The molecule has 0 unspecified atom stereocenters. The van der Waals surface area contributed by atoms with Crippen LogP contribution in [0.25, 0.3) is 0 Å². The van der Waals surface area contributed by atoms with Crippen LogP contribution in [0.3, 0.4) is 0 Å². The number of ether oxygens (including phenoxy) is 4. The van der Waals surface area contributed by atoms with Gasteiger partial charge < -0.3 is 24.3 Å². The van der Waals surface area contributed by atoms with Gasteiger partial charge in [-0.1, -0.05) is 19.9 Å². The van der Waals surface area contributed by atoms with Crippen molar-refractivity contribution in [2.45, 2.75) is 32.9 Å². The first-order valence-corrected chi connectivity index (χ1v) is 8.91. The summed E-state index contributed by atoms with van der Waals surface area (Å²) in [5.41, 5.74) is 2.46. The first-order valence-electron chi connectivity index (χ1n) is 8.91. The molecule has 0 aliphatic carbocycles. The number of benzene rings is 2. The molecule has 2 aromatic rings. The van der Waals surface area contributed by atoms with E-state index in [9.17, 15) is 4.79 Å². The van der Waals surface area contributed by atoms with Gasteiger partial charge in [0.2, 0.25) is 6.79 Å². The topological polar surface area (TPSA) is 66.0 Å². The molecule has 0 radical (unpaired) electrons. The van der Waals surface area contributed by atoms with E-state index in [-0.39, 0.29) is 18.8 Å². The predicted molar refractivity (Wildman–Crippen MR) is 100 cm³/mol. The summed E-state index contributed by atoms with van der Waals surface area (Å²) in [4.78, 5) is 11.9. The van der Waals surface area contributed by atoms with Crippen molar-refractivity contribution in [2.24, 2.45) is 5.41 Å². The highest BCUT2D eigenvalue weighted by molar-refractivity contribution is 5.68. The fourth-order valence-corrected chi connectivity index (χ4v) is 3.90. The van der Waals surface area contributed by atoms with E-state index in [1.54, 1.807) is 7.11 Å². The molecular formula is C21H23NO5. The lowest BCUT2D eigenvalue weighted by Gasteiger charge is -2.46. The Kier molecular flexibility index (Phi) is 4.13. The van der Waals surface area contributed by atoms with E-state index in [1.165, 1.54) is 6.92 Å². The predicted octanol–water partition coefficient (Wildman–Crippen LogP) is 4.22. The number of esters is 1. The molecule has 0 saturated carbocycles. The minimum absolute atomic E-state index is 0.0859. The van der Waals surface area contributed by atoms with Crippen LogP contribution in [0.5, 0.6) is 17.2 Å². The molecular weight excluding hydrogens is 346 g/mol. The highest BCUT2D eigenvalue weighted by Crippen LogP contribution is 2.54. The third-order valence-corrected chi connectivity index (χ3v) is 5.27. The van der Waals surface area contributed by atoms with E-state index in [2.05, 4.69) is 19.2 Å². The number of fused-ring (bicyclic) bond motifs is 2. The highest BCUT2D eigenvalue weighted by Gasteiger charge is 2.46. The van der Waals surface area contributed by atoms with Crippen LogP contribution in [0.15, 0.2) is 36.4 Å². The number of methoxy groups -OCH3 is 1. The van der Waals surface area contributed by atoms with Gasteiger partial charge >= 0.3 is 5.97 Å². The van der Waals surface area contributed by atoms with Gasteiger partial charge in [-0.05, 0) is 35.9 Å². The van der Waals surface area contributed by atoms with E-state index in [0.717, 1.165) is 34.1 Å². The summed E-state index contributed by atoms with van der Waals surface area (Å²) in [5, 5.41) is 3.61. The lowest BCUT2D eigenvalue weighted by Crippen LogP contribution is -2.40. The quantitative estimate of drug-likeness (QED) is 0.817. The molecule has 2 aliphatic heterocycles. The first kappa shape index (κ1) is 17.5. The maximum atomic E-state index is 11.9. The summed E-state index contributed by atoms with van der Waals surface area (Å²) >= 11 is 0. The van der Waals surface area contributed by atoms with E-state index in [4.69, 9.17) is 18.9 Å². The van der Waals surface area contributed by atoms with Gasteiger partial charge in [0.15, 0.2) is 11.5 Å². The molecule has 4 rings (SSSR count). The molecule has 2 aromatic carbocycles. The molecule has 0 saturated heterocycles. The molecule has 2 aliphatic rings. The third-order valence-electron chi connectivity index (χ3n) is 5.27. The van der Waals surface area contributed by atoms with Gasteiger partial charge in [-0.25, -0.2) is 0 Å². The lowest BCUT2D eigenvalue weighted by molar-refractivity contribution is -0.154. The molecule has 0 amide bonds. The first-order chi connectivity index (χ1) is 12.9. The van der Waals surface area contributed by atoms with E-state index in [0.29, 0.717) is 0 Å². The molecule has 6 heteroatoms. The average Bonchev–Trinajstić information content (AvgIpc) is 3.11. The second-order valence-electron chi connectivity index (χ2n) is 7.45. The Hall–Kier alpha value is -2.89. The summed E-state index contributed by atoms with van der Waals surface area (Å²) in [6, 6.07) is 11.6. The third kappa shape index (κ3) is 2.95. The van der Waals surface area contributed by atoms with Crippen molar-refractivity contribution in [3.05, 3.63) is 47.5 Å². The van der Waals surface area contributed by atoms with Crippen LogP contribution in [-0.2, 0) is 9.53 Å². The Morgan fingerprint density at radius 1 is 1.15 bits per heavy atom. The van der Waals surface area contributed by atoms with Gasteiger partial charge in [-0.3, -0.25) is 4.79 Å². The number of carbonyl (C=O) groups excluding carboxylic acids is 1. The number of nitrogens with one attached hydrogen (secondary N) is 1. The van der Waals surface area contributed by atoms with Crippen LogP contribution in [-0.4, -0.2) is 19.9 Å². The lowest BCUT2D eigenvalue weighted by atomic mass is 9.70. The monoisotopic (exact) mass is 369 g/mol. The maximum absolute atomic E-state index is 11.9. The van der Waals surface area contributed by atoms with Crippen molar-refractivity contribution in [2.75, 3.05) is 19.2 Å². The number of hydrogen-bond acceptors (Lipinski definition) is 6. The fourth-order valence-electron chi connectivity index (χ4n) is 3.90. The molecule has 0 spiro atoms. The van der Waals surface area contributed by atoms with Crippen LogP contribution in [0.1, 0.15) is 44.0 Å². The van der Waals surface area contributed by atoms with Crippen molar-refractivity contribution in [1.82, 2.24) is 0 Å². The molecule has 142 valence electrons. The second-order valence-corrected chi connectivity index (χ2v) is 7.45. The zero-order valence-corrected chi connectivity index (χ0v) is 15.9. The van der Waals surface area contributed by atoms with E-state index < -0.39 is 11.5 Å². The Bertz CT molecular complexity index is 892. The summed E-state index contributed by atoms with van der Waals surface area (Å²) in [6.45, 7) is 5.85. The Balaban J connectivity index is 1.80. The van der Waals surface area contributed by atoms with Crippen molar-refractivity contribution in [3.63, 3.8) is 0 Å². The summed E-state index contributed by atoms with van der Waals surface area (Å²) in [6.07, 6.45) is -0.420. The van der Waals surface area contributed by atoms with Gasteiger partial charge in [0.1, 0.15) is 11.9 Å². The molecule has 2 atom stereocenters. The molecule has 0 bridgehead atoms. The Labute approximate surface area is 158 Å². The summed E-state index contributed by atoms with van der Waals surface area (Å²) < 4.78 is 22.1. The van der Waals surface area contributed by atoms with Crippen molar-refractivity contribution < 1.29 is 23.7 Å². The van der Waals surface area contributed by atoms with Crippen molar-refractivity contribution in [3.8, 4) is 17.2 Å². The smallest absolute Gasteiger partial charge is 0.303 e. The van der Waals surface area contributed by atoms with E-state index >= 15 is 0 Å². The Morgan fingerprint density at radius 3 is 2.67 bits per heavy atom. The minimum Gasteiger partial charge on any atom is -0.497 e. The number of carbonyl (C=O) groups is 1. The van der Waals surface area contributed by atoms with Crippen molar-refractivity contribution >= 4 is 11.7 Å². The second kappa shape index (κ2) is 6.37. The number of anilines is 1. The highest BCUT2D eigenvalue weighted by atomic mass is 16.7. The number of rotatable bonds is 3. The molecule has 2 heterocycles. The van der Waals surface area contributed by atoms with Gasteiger partial charge in [0.25, 0.3) is 0 Å². The molecule has 27 heavy (non-hydrogen) atoms. The summed E-state index contributed by atoms with van der Waals surface area (Å²) in [7, 11) is 1.62. The fraction of sp³-hybridized carbons (Fsp3) is 0.381. The largest absolute Gasteiger partial charge is 0.497 e. The zero-order valence-electron chi connectivity index (χ0n) is 15.9. The van der Waals surface area contributed by atoms with Gasteiger partial charge in [0.05, 0.1) is 13.2 Å². The molecule has 0 aromatic heterocycles. The normalized spacial score (nSPS) is 21.8. The Morgan fingerprint density at radius 2 is 1.93 bits per heavy atom. The summed E-state index contributed by atoms with van der Waals surface area (Å²) in [5.74, 6) is 1.89. The SMILES string of the molecule is COc1ccc2c(c1)[C@H](OC(C)=O)C(C)(C)[C@H](c1ccc3c(c1)OCO3)N2. The van der Waals surface area contributed by atoms with Crippen LogP contribution in [0, 0.1) is 5.41 Å². The van der Waals surface area contributed by atoms with Crippen LogP contribution in [0.2, 0.25) is 0 Å². The van der Waals surface area contributed by atoms with Crippen LogP contribution < -0.4 is 19.5 Å². The van der Waals surface area contributed by atoms with Crippen molar-refractivity contribution in [1.29, 1.82) is 0 Å². The minimum atomic E-state index is -0.420. The van der Waals surface area contributed by atoms with Crippen LogP contribution >= 0.6 is 0 Å². The van der Waals surface area contributed by atoms with Gasteiger partial charge in [0, 0.05) is 23.6 Å². The van der Waals surface area contributed by atoms with Gasteiger partial charge in [-0.15, -0.1) is 0 Å².